The topological polar surface area (TPSA) is 87.2 Å². The third-order valence-corrected chi connectivity index (χ3v) is 4.57. The predicted molar refractivity (Wildman–Crippen MR) is 102 cm³/mol. The number of aromatic nitrogens is 2. The van der Waals surface area contributed by atoms with Gasteiger partial charge in [-0.25, -0.2) is 4.68 Å². The molecule has 1 saturated heterocycles. The molecule has 0 radical (unpaired) electrons. The van der Waals surface area contributed by atoms with Crippen molar-refractivity contribution in [3.05, 3.63) is 57.1 Å². The lowest BCUT2D eigenvalue weighted by Crippen LogP contribution is -2.29. The van der Waals surface area contributed by atoms with Crippen molar-refractivity contribution in [2.75, 3.05) is 23.3 Å². The lowest BCUT2D eigenvalue weighted by molar-refractivity contribution is -0.116. The fraction of sp³-hybridized carbons (Fsp3) is 0.421. The Balaban J connectivity index is 1.55. The van der Waals surface area contributed by atoms with Crippen molar-refractivity contribution in [2.45, 2.75) is 38.6 Å². The summed E-state index contributed by atoms with van der Waals surface area (Å²) in [4.78, 5) is 37.3. The summed E-state index contributed by atoms with van der Waals surface area (Å²) >= 11 is 0. The molecule has 2 N–H and O–H groups in total. The van der Waals surface area contributed by atoms with E-state index in [9.17, 15) is 14.4 Å². The molecular weight excluding hydrogens is 332 g/mol. The molecule has 26 heavy (non-hydrogen) atoms. The molecule has 2 aromatic rings. The van der Waals surface area contributed by atoms with E-state index in [0.29, 0.717) is 0 Å². The summed E-state index contributed by atoms with van der Waals surface area (Å²) in [5, 5.41) is 5.23. The number of aromatic amines is 1. The Morgan fingerprint density at radius 2 is 1.65 bits per heavy atom. The van der Waals surface area contributed by atoms with Crippen molar-refractivity contribution in [3.63, 3.8) is 0 Å². The normalized spacial score (nSPS) is 14.7. The first-order valence-electron chi connectivity index (χ1n) is 9.07. The highest BCUT2D eigenvalue weighted by molar-refractivity contribution is 5.90. The molecule has 2 heterocycles. The first kappa shape index (κ1) is 18.0. The van der Waals surface area contributed by atoms with E-state index in [0.717, 1.165) is 23.5 Å². The molecule has 0 atom stereocenters. The number of amides is 1. The number of anilines is 2. The number of aryl methyl sites for hydroxylation is 1. The molecule has 0 saturated carbocycles. The van der Waals surface area contributed by atoms with Gasteiger partial charge in [-0.15, -0.1) is 0 Å². The van der Waals surface area contributed by atoms with Crippen LogP contribution in [0.5, 0.6) is 0 Å². The van der Waals surface area contributed by atoms with Gasteiger partial charge in [0.05, 0.1) is 6.54 Å². The quantitative estimate of drug-likeness (QED) is 0.857. The third kappa shape index (κ3) is 4.84. The van der Waals surface area contributed by atoms with Crippen LogP contribution in [0.25, 0.3) is 0 Å². The van der Waals surface area contributed by atoms with Gasteiger partial charge in [-0.05, 0) is 37.1 Å². The Labute approximate surface area is 151 Å². The van der Waals surface area contributed by atoms with E-state index in [1.807, 2.05) is 24.3 Å². The number of carbonyl (C=O) groups excluding carboxylic acids is 1. The summed E-state index contributed by atoms with van der Waals surface area (Å²) in [7, 11) is 0. The van der Waals surface area contributed by atoms with Crippen LogP contribution in [0.2, 0.25) is 0 Å². The van der Waals surface area contributed by atoms with Gasteiger partial charge in [0.15, 0.2) is 0 Å². The van der Waals surface area contributed by atoms with Crippen LogP contribution in [0.1, 0.15) is 32.1 Å². The Bertz CT molecular complexity index is 846. The Kier molecular flexibility index (Phi) is 5.88. The Morgan fingerprint density at radius 1 is 0.962 bits per heavy atom. The summed E-state index contributed by atoms with van der Waals surface area (Å²) in [5.74, 6) is -0.205. The highest BCUT2D eigenvalue weighted by atomic mass is 16.2. The summed E-state index contributed by atoms with van der Waals surface area (Å²) in [6.45, 7) is 2.29. The summed E-state index contributed by atoms with van der Waals surface area (Å²) < 4.78 is 1.14. The van der Waals surface area contributed by atoms with E-state index in [4.69, 9.17) is 0 Å². The van der Waals surface area contributed by atoms with Crippen LogP contribution in [0.4, 0.5) is 11.4 Å². The Hall–Kier alpha value is -2.83. The van der Waals surface area contributed by atoms with Crippen LogP contribution in [0.15, 0.2) is 46.0 Å². The van der Waals surface area contributed by atoms with Crippen LogP contribution in [-0.4, -0.2) is 28.8 Å². The zero-order valence-corrected chi connectivity index (χ0v) is 14.7. The van der Waals surface area contributed by atoms with Gasteiger partial charge in [-0.1, -0.05) is 12.8 Å². The summed E-state index contributed by atoms with van der Waals surface area (Å²) in [6, 6.07) is 10.2. The fourth-order valence-electron chi connectivity index (χ4n) is 3.15. The van der Waals surface area contributed by atoms with Crippen molar-refractivity contribution >= 4 is 17.3 Å². The van der Waals surface area contributed by atoms with Gasteiger partial charge in [0, 0.05) is 43.0 Å². The van der Waals surface area contributed by atoms with E-state index in [-0.39, 0.29) is 30.0 Å². The highest BCUT2D eigenvalue weighted by Crippen LogP contribution is 2.21. The van der Waals surface area contributed by atoms with Gasteiger partial charge in [0.1, 0.15) is 0 Å². The SMILES string of the molecule is O=C(CCn1[nH]c(=O)ccc1=O)Nc1ccc(N2CCCCCC2)cc1. The van der Waals surface area contributed by atoms with Crippen LogP contribution >= 0.6 is 0 Å². The molecule has 1 aliphatic heterocycles. The van der Waals surface area contributed by atoms with Gasteiger partial charge in [0.25, 0.3) is 11.1 Å². The summed E-state index contributed by atoms with van der Waals surface area (Å²) in [6.07, 6.45) is 5.13. The average molecular weight is 356 g/mol. The van der Waals surface area contributed by atoms with Crippen molar-refractivity contribution in [1.82, 2.24) is 9.78 Å². The number of nitrogens with one attached hydrogen (secondary N) is 2. The van der Waals surface area contributed by atoms with E-state index in [2.05, 4.69) is 15.3 Å². The van der Waals surface area contributed by atoms with Crippen LogP contribution < -0.4 is 21.3 Å². The minimum absolute atomic E-state index is 0.105. The maximum absolute atomic E-state index is 12.1. The van der Waals surface area contributed by atoms with E-state index in [1.54, 1.807) is 0 Å². The van der Waals surface area contributed by atoms with E-state index in [1.165, 1.54) is 43.5 Å². The maximum atomic E-state index is 12.1. The van der Waals surface area contributed by atoms with E-state index < -0.39 is 0 Å². The highest BCUT2D eigenvalue weighted by Gasteiger charge is 2.10. The third-order valence-electron chi connectivity index (χ3n) is 4.57. The average Bonchev–Trinajstić information content (AvgIpc) is 2.92. The number of hydrogen-bond donors (Lipinski definition) is 2. The molecule has 0 aliphatic carbocycles. The van der Waals surface area contributed by atoms with E-state index >= 15 is 0 Å². The van der Waals surface area contributed by atoms with Crippen LogP contribution in [0, 0.1) is 0 Å². The molecule has 138 valence electrons. The standard InChI is InChI=1S/C19H24N4O3/c24-17(11-14-23-19(26)10-9-18(25)21-23)20-15-5-7-16(8-6-15)22-12-3-1-2-4-13-22/h5-10H,1-4,11-14H2,(H,20,24)(H,21,25). The van der Waals surface area contributed by atoms with Gasteiger partial charge < -0.3 is 10.2 Å². The van der Waals surface area contributed by atoms with Crippen LogP contribution in [-0.2, 0) is 11.3 Å². The van der Waals surface area contributed by atoms with Crippen molar-refractivity contribution in [2.24, 2.45) is 0 Å². The second-order valence-corrected chi connectivity index (χ2v) is 6.55. The fourth-order valence-corrected chi connectivity index (χ4v) is 3.15. The van der Waals surface area contributed by atoms with Crippen molar-refractivity contribution in [3.8, 4) is 0 Å². The summed E-state index contributed by atoms with van der Waals surface area (Å²) in [5.41, 5.74) is 1.20. The molecule has 7 nitrogen and oxygen atoms in total. The van der Waals surface area contributed by atoms with Crippen LogP contribution in [0.3, 0.4) is 0 Å². The molecule has 1 aromatic carbocycles. The molecule has 7 heteroatoms. The lowest BCUT2D eigenvalue weighted by Gasteiger charge is -2.22. The van der Waals surface area contributed by atoms with Gasteiger partial charge in [0.2, 0.25) is 5.91 Å². The largest absolute Gasteiger partial charge is 0.372 e. The molecule has 0 unspecified atom stereocenters. The molecule has 3 rings (SSSR count). The molecule has 0 bridgehead atoms. The monoisotopic (exact) mass is 356 g/mol. The first-order chi connectivity index (χ1) is 12.6. The predicted octanol–water partition coefficient (Wildman–Crippen LogP) is 1.95. The van der Waals surface area contributed by atoms with Crippen molar-refractivity contribution in [1.29, 1.82) is 0 Å². The molecule has 1 amide bonds. The Morgan fingerprint density at radius 3 is 2.35 bits per heavy atom. The number of hydrogen-bond acceptors (Lipinski definition) is 4. The molecule has 1 aliphatic rings. The van der Waals surface area contributed by atoms with Gasteiger partial charge >= 0.3 is 0 Å². The second kappa shape index (κ2) is 8.51. The molecular formula is C19H24N4O3. The minimum Gasteiger partial charge on any atom is -0.372 e. The van der Waals surface area contributed by atoms with Crippen molar-refractivity contribution < 1.29 is 4.79 Å². The molecule has 1 aromatic heterocycles. The number of carbonyl (C=O) groups is 1. The zero-order chi connectivity index (χ0) is 18.4. The number of nitrogens with zero attached hydrogens (tertiary/aromatic N) is 2. The maximum Gasteiger partial charge on any atom is 0.265 e. The smallest absolute Gasteiger partial charge is 0.265 e. The zero-order valence-electron chi connectivity index (χ0n) is 14.7. The lowest BCUT2D eigenvalue weighted by atomic mass is 10.2. The van der Waals surface area contributed by atoms with Gasteiger partial charge in [-0.2, -0.15) is 0 Å². The molecule has 0 spiro atoms. The number of benzene rings is 1. The number of H-pyrrole nitrogens is 1. The molecule has 1 fully saturated rings. The minimum atomic E-state index is -0.367. The van der Waals surface area contributed by atoms with Gasteiger partial charge in [-0.3, -0.25) is 19.5 Å². The number of rotatable bonds is 5. The second-order valence-electron chi connectivity index (χ2n) is 6.55. The first-order valence-corrected chi connectivity index (χ1v) is 9.07.